The summed E-state index contributed by atoms with van der Waals surface area (Å²) in [6.07, 6.45) is 0.528. The number of anilines is 1. The molecular formula is C23H27N3O6S3. The van der Waals surface area contributed by atoms with E-state index in [9.17, 15) is 18.3 Å². The number of benzene rings is 1. The Kier molecular flexibility index (Phi) is 7.74. The first-order valence-corrected chi connectivity index (χ1v) is 14.2. The van der Waals surface area contributed by atoms with Gasteiger partial charge in [-0.05, 0) is 30.0 Å². The maximum atomic E-state index is 13.3. The summed E-state index contributed by atoms with van der Waals surface area (Å²) in [5, 5.41) is 12.6. The molecule has 35 heavy (non-hydrogen) atoms. The summed E-state index contributed by atoms with van der Waals surface area (Å²) in [4.78, 5) is 19.5. The van der Waals surface area contributed by atoms with Crippen molar-refractivity contribution in [1.82, 2.24) is 4.98 Å². The molecule has 3 heterocycles. The number of hydrogen-bond acceptors (Lipinski definition) is 8. The zero-order chi connectivity index (χ0) is 25.2. The Morgan fingerprint density at radius 2 is 2.14 bits per heavy atom. The maximum absolute atomic E-state index is 13.3. The summed E-state index contributed by atoms with van der Waals surface area (Å²) in [6.45, 7) is 3.00. The van der Waals surface area contributed by atoms with Crippen LogP contribution in [-0.4, -0.2) is 68.7 Å². The number of nitrogens with zero attached hydrogens (tertiary/aromatic N) is 2. The van der Waals surface area contributed by atoms with Gasteiger partial charge in [-0.25, -0.2) is 8.42 Å². The second-order valence-electron chi connectivity index (χ2n) is 7.99. The van der Waals surface area contributed by atoms with E-state index < -0.39 is 21.9 Å². The standard InChI is InChI=1S/C23H27N3O6S3/c1-4-16(23(27)28)19-13-24-22(34-19)17-11-14-10-15(32-8-7-31-3)12-18(21(14)25-17)26(2)35(29,30)20-6-5-9-33-20/h5-6,9-12,16,19,25H,4,7-8,13H2,1-3H3,(H,27,28). The molecule has 0 radical (unpaired) electrons. The number of aromatic amines is 1. The Hall–Kier alpha value is -2.54. The number of nitrogens with one attached hydrogen (secondary N) is 1. The number of hydrogen-bond donors (Lipinski definition) is 2. The van der Waals surface area contributed by atoms with Gasteiger partial charge in [0.2, 0.25) is 0 Å². The van der Waals surface area contributed by atoms with Gasteiger partial charge >= 0.3 is 5.97 Å². The molecule has 12 heteroatoms. The van der Waals surface area contributed by atoms with Crippen LogP contribution < -0.4 is 9.04 Å². The highest BCUT2D eigenvalue weighted by Crippen LogP contribution is 2.38. The number of aromatic nitrogens is 1. The van der Waals surface area contributed by atoms with Crippen molar-refractivity contribution in [2.24, 2.45) is 10.9 Å². The quantitative estimate of drug-likeness (QED) is 0.354. The normalized spacial score (nSPS) is 16.9. The third-order valence-corrected chi connectivity index (χ3v) is 10.3. The number of methoxy groups -OCH3 is 1. The van der Waals surface area contributed by atoms with Gasteiger partial charge in [0, 0.05) is 30.9 Å². The highest BCUT2D eigenvalue weighted by Gasteiger charge is 2.33. The van der Waals surface area contributed by atoms with Crippen molar-refractivity contribution in [1.29, 1.82) is 0 Å². The van der Waals surface area contributed by atoms with Gasteiger partial charge in [-0.3, -0.25) is 14.1 Å². The first kappa shape index (κ1) is 25.5. The zero-order valence-electron chi connectivity index (χ0n) is 19.6. The summed E-state index contributed by atoms with van der Waals surface area (Å²) in [5.74, 6) is -0.790. The minimum absolute atomic E-state index is 0.145. The fraction of sp³-hybridized carbons (Fsp3) is 0.391. The molecule has 2 N–H and O–H groups in total. The third-order valence-electron chi connectivity index (χ3n) is 5.80. The Morgan fingerprint density at radius 3 is 2.80 bits per heavy atom. The number of thioether (sulfide) groups is 1. The lowest BCUT2D eigenvalue weighted by atomic mass is 10.0. The van der Waals surface area contributed by atoms with Crippen LogP contribution >= 0.6 is 23.1 Å². The van der Waals surface area contributed by atoms with Gasteiger partial charge in [-0.1, -0.05) is 24.8 Å². The number of aliphatic carboxylic acids is 1. The van der Waals surface area contributed by atoms with Crippen molar-refractivity contribution >= 4 is 60.7 Å². The largest absolute Gasteiger partial charge is 0.491 e. The highest BCUT2D eigenvalue weighted by atomic mass is 32.2. The molecule has 9 nitrogen and oxygen atoms in total. The van der Waals surface area contributed by atoms with E-state index in [0.717, 1.165) is 16.7 Å². The van der Waals surface area contributed by atoms with E-state index in [0.29, 0.717) is 53.9 Å². The molecule has 1 aromatic carbocycles. The molecule has 0 aliphatic carbocycles. The number of carboxylic acid groups (broad SMARTS) is 1. The van der Waals surface area contributed by atoms with Gasteiger partial charge < -0.3 is 19.6 Å². The molecule has 1 aliphatic rings. The Balaban J connectivity index is 1.72. The molecule has 2 atom stereocenters. The van der Waals surface area contributed by atoms with Gasteiger partial charge in [0.05, 0.1) is 36.0 Å². The van der Waals surface area contributed by atoms with Gasteiger partial charge in [0.25, 0.3) is 10.0 Å². The minimum atomic E-state index is -3.77. The van der Waals surface area contributed by atoms with Gasteiger partial charge in [0.15, 0.2) is 0 Å². The van der Waals surface area contributed by atoms with Crippen molar-refractivity contribution in [2.45, 2.75) is 22.8 Å². The molecule has 2 unspecified atom stereocenters. The molecule has 188 valence electrons. The number of ether oxygens (including phenoxy) is 2. The SMILES string of the molecule is CCC(C(=O)O)C1CN=C(c2cc3cc(OCCOC)cc(N(C)S(=O)(=O)c4cccs4)c3[nH]2)S1. The van der Waals surface area contributed by atoms with E-state index in [1.807, 2.05) is 19.1 Å². The number of sulfonamides is 1. The van der Waals surface area contributed by atoms with Crippen molar-refractivity contribution in [2.75, 3.05) is 38.2 Å². The van der Waals surface area contributed by atoms with E-state index >= 15 is 0 Å². The van der Waals surface area contributed by atoms with E-state index in [1.165, 1.54) is 23.1 Å². The Labute approximate surface area is 212 Å². The minimum Gasteiger partial charge on any atom is -0.491 e. The van der Waals surface area contributed by atoms with Crippen LogP contribution in [0.2, 0.25) is 0 Å². The average molecular weight is 538 g/mol. The number of carboxylic acids is 1. The number of H-pyrrole nitrogens is 1. The van der Waals surface area contributed by atoms with Crippen LogP contribution in [0.4, 0.5) is 5.69 Å². The average Bonchev–Trinajstić information content (AvgIpc) is 3.59. The fourth-order valence-corrected chi connectivity index (χ4v) is 7.56. The molecule has 3 aromatic rings. The van der Waals surface area contributed by atoms with Crippen LogP contribution in [0.15, 0.2) is 44.9 Å². The highest BCUT2D eigenvalue weighted by molar-refractivity contribution is 8.15. The number of aliphatic imine (C=N–C) groups is 1. The van der Waals surface area contributed by atoms with Gasteiger partial charge in [-0.2, -0.15) is 0 Å². The van der Waals surface area contributed by atoms with Crippen molar-refractivity contribution in [3.8, 4) is 5.75 Å². The molecule has 0 fully saturated rings. The van der Waals surface area contributed by atoms with E-state index in [1.54, 1.807) is 30.7 Å². The summed E-state index contributed by atoms with van der Waals surface area (Å²) < 4.78 is 38.9. The molecule has 0 amide bonds. The summed E-state index contributed by atoms with van der Waals surface area (Å²) >= 11 is 2.59. The Morgan fingerprint density at radius 1 is 1.34 bits per heavy atom. The molecule has 4 rings (SSSR count). The topological polar surface area (TPSA) is 121 Å². The molecular weight excluding hydrogens is 510 g/mol. The smallest absolute Gasteiger partial charge is 0.307 e. The van der Waals surface area contributed by atoms with Crippen molar-refractivity contribution in [3.63, 3.8) is 0 Å². The first-order chi connectivity index (χ1) is 16.8. The molecule has 2 aromatic heterocycles. The summed E-state index contributed by atoms with van der Waals surface area (Å²) in [7, 11) is -0.678. The van der Waals surface area contributed by atoms with Crippen LogP contribution in [0.1, 0.15) is 19.0 Å². The third kappa shape index (κ3) is 5.20. The Bertz CT molecular complexity index is 1330. The van der Waals surface area contributed by atoms with Crippen LogP contribution in [0.5, 0.6) is 5.75 Å². The van der Waals surface area contributed by atoms with Crippen LogP contribution in [0.25, 0.3) is 10.9 Å². The van der Waals surface area contributed by atoms with Crippen molar-refractivity contribution < 1.29 is 27.8 Å². The van der Waals surface area contributed by atoms with Crippen molar-refractivity contribution in [3.05, 3.63) is 41.4 Å². The van der Waals surface area contributed by atoms with Crippen LogP contribution in [-0.2, 0) is 19.6 Å². The number of thiophene rings is 1. The maximum Gasteiger partial charge on any atom is 0.307 e. The molecule has 0 spiro atoms. The number of fused-ring (bicyclic) bond motifs is 1. The van der Waals surface area contributed by atoms with E-state index in [-0.39, 0.29) is 9.46 Å². The summed E-state index contributed by atoms with van der Waals surface area (Å²) in [6, 6.07) is 8.69. The lowest BCUT2D eigenvalue weighted by Crippen LogP contribution is -2.26. The number of rotatable bonds is 11. The summed E-state index contributed by atoms with van der Waals surface area (Å²) in [5.41, 5.74) is 1.77. The molecule has 1 aliphatic heterocycles. The van der Waals surface area contributed by atoms with Gasteiger partial charge in [0.1, 0.15) is 21.6 Å². The van der Waals surface area contributed by atoms with Crippen LogP contribution in [0.3, 0.4) is 0 Å². The fourth-order valence-electron chi connectivity index (χ4n) is 3.91. The predicted octanol–water partition coefficient (Wildman–Crippen LogP) is 4.05. The predicted molar refractivity (Wildman–Crippen MR) is 140 cm³/mol. The second-order valence-corrected chi connectivity index (χ2v) is 12.4. The number of carbonyl (C=O) groups is 1. The van der Waals surface area contributed by atoms with Crippen LogP contribution in [0, 0.1) is 5.92 Å². The first-order valence-electron chi connectivity index (χ1n) is 11.0. The molecule has 0 saturated heterocycles. The lowest BCUT2D eigenvalue weighted by Gasteiger charge is -2.20. The monoisotopic (exact) mass is 537 g/mol. The zero-order valence-corrected chi connectivity index (χ0v) is 22.0. The second kappa shape index (κ2) is 10.6. The van der Waals surface area contributed by atoms with E-state index in [2.05, 4.69) is 9.98 Å². The van der Waals surface area contributed by atoms with Gasteiger partial charge in [-0.15, -0.1) is 11.3 Å². The lowest BCUT2D eigenvalue weighted by molar-refractivity contribution is -0.141. The molecule has 0 saturated carbocycles. The van der Waals surface area contributed by atoms with E-state index in [4.69, 9.17) is 9.47 Å². The molecule has 0 bridgehead atoms.